The Morgan fingerprint density at radius 2 is 1.92 bits per heavy atom. The van der Waals surface area contributed by atoms with E-state index in [2.05, 4.69) is 0 Å². The van der Waals surface area contributed by atoms with Crippen LogP contribution in [0.3, 0.4) is 0 Å². The zero-order valence-electron chi connectivity index (χ0n) is 13.1. The number of amides is 1. The van der Waals surface area contributed by atoms with Gasteiger partial charge in [-0.25, -0.2) is 4.39 Å². The highest BCUT2D eigenvalue weighted by Gasteiger charge is 2.68. The second kappa shape index (κ2) is 5.79. The number of rotatable bonds is 3. The average Bonchev–Trinajstić information content (AvgIpc) is 2.76. The first-order chi connectivity index (χ1) is 10.9. The molecule has 1 aliphatic heterocycles. The third-order valence-electron chi connectivity index (χ3n) is 4.73. The number of carbonyl (C=O) groups excluding carboxylic acids is 1. The number of alkyl halides is 3. The molecule has 24 heavy (non-hydrogen) atoms. The number of carbonyl (C=O) groups is 1. The number of thioether (sulfide) groups is 1. The molecule has 2 N–H and O–H groups in total. The highest BCUT2D eigenvalue weighted by Crippen LogP contribution is 2.64. The molecule has 0 aliphatic carbocycles. The third-order valence-corrected chi connectivity index (χ3v) is 6.57. The van der Waals surface area contributed by atoms with E-state index >= 15 is 0 Å². The van der Waals surface area contributed by atoms with Gasteiger partial charge in [-0.05, 0) is 19.4 Å². The number of hydrogen-bond acceptors (Lipinski definition) is 3. The predicted octanol–water partition coefficient (Wildman–Crippen LogP) is 3.54. The van der Waals surface area contributed by atoms with Gasteiger partial charge in [-0.3, -0.25) is 4.79 Å². The summed E-state index contributed by atoms with van der Waals surface area (Å²) in [4.78, 5) is 11.5. The molecule has 1 amide bonds. The van der Waals surface area contributed by atoms with Crippen molar-refractivity contribution in [3.63, 3.8) is 0 Å². The van der Waals surface area contributed by atoms with E-state index in [1.807, 2.05) is 0 Å². The van der Waals surface area contributed by atoms with Gasteiger partial charge in [0.2, 0.25) is 11.7 Å². The zero-order valence-corrected chi connectivity index (χ0v) is 13.9. The molecule has 1 aromatic rings. The van der Waals surface area contributed by atoms with Crippen LogP contribution in [0.2, 0.25) is 0 Å². The van der Waals surface area contributed by atoms with Crippen LogP contribution in [-0.2, 0) is 10.2 Å². The minimum absolute atomic E-state index is 0.153. The first-order valence-corrected chi connectivity index (χ1v) is 7.83. The van der Waals surface area contributed by atoms with Crippen LogP contribution in [-0.4, -0.2) is 29.2 Å². The van der Waals surface area contributed by atoms with Gasteiger partial charge < -0.3 is 10.5 Å². The predicted molar refractivity (Wildman–Crippen MR) is 79.9 cm³/mol. The van der Waals surface area contributed by atoms with Crippen molar-refractivity contribution in [2.24, 2.45) is 5.73 Å². The molecule has 3 unspecified atom stereocenters. The van der Waals surface area contributed by atoms with Crippen LogP contribution < -0.4 is 10.5 Å². The number of ether oxygens (including phenoxy) is 1. The van der Waals surface area contributed by atoms with Crippen molar-refractivity contribution in [3.05, 3.63) is 29.3 Å². The van der Waals surface area contributed by atoms with E-state index in [9.17, 15) is 26.7 Å². The van der Waals surface area contributed by atoms with Gasteiger partial charge in [-0.2, -0.15) is 17.6 Å². The minimum atomic E-state index is -4.72. The first-order valence-electron chi connectivity index (χ1n) is 6.95. The normalized spacial score (nSPS) is 30.4. The Bertz CT molecular complexity index is 681. The fourth-order valence-electron chi connectivity index (χ4n) is 3.09. The topological polar surface area (TPSA) is 52.3 Å². The van der Waals surface area contributed by atoms with Crippen molar-refractivity contribution >= 4 is 17.7 Å². The molecule has 0 bridgehead atoms. The van der Waals surface area contributed by atoms with Crippen LogP contribution in [0.25, 0.3) is 0 Å². The molecule has 1 saturated heterocycles. The molecule has 1 fully saturated rings. The molecular weight excluding hydrogens is 353 g/mol. The summed E-state index contributed by atoms with van der Waals surface area (Å²) in [5.74, 6) is -4.09. The van der Waals surface area contributed by atoms with Crippen LogP contribution >= 0.6 is 11.8 Å². The first kappa shape index (κ1) is 18.8. The van der Waals surface area contributed by atoms with E-state index in [-0.39, 0.29) is 12.0 Å². The zero-order chi connectivity index (χ0) is 18.5. The summed E-state index contributed by atoms with van der Waals surface area (Å²) in [6.45, 7) is 2.19. The SMILES string of the molecule is COc1c(C2(C)CC(C(N)=O)SC2(C)C(F)(F)F)ccc(F)c1F. The summed E-state index contributed by atoms with van der Waals surface area (Å²) < 4.78 is 71.2. The van der Waals surface area contributed by atoms with Crippen molar-refractivity contribution < 1.29 is 31.5 Å². The van der Waals surface area contributed by atoms with Crippen molar-refractivity contribution in [1.29, 1.82) is 0 Å². The van der Waals surface area contributed by atoms with E-state index in [0.717, 1.165) is 26.2 Å². The van der Waals surface area contributed by atoms with Gasteiger partial charge in [0.1, 0.15) is 4.75 Å². The molecule has 1 aliphatic rings. The van der Waals surface area contributed by atoms with Gasteiger partial charge >= 0.3 is 6.18 Å². The van der Waals surface area contributed by atoms with Crippen molar-refractivity contribution in [1.82, 2.24) is 0 Å². The molecule has 134 valence electrons. The van der Waals surface area contributed by atoms with Gasteiger partial charge in [-0.1, -0.05) is 13.0 Å². The Balaban J connectivity index is 2.73. The molecular formula is C15H16F5NO2S. The lowest BCUT2D eigenvalue weighted by Gasteiger charge is -2.42. The van der Waals surface area contributed by atoms with Crippen LogP contribution in [0.1, 0.15) is 25.8 Å². The van der Waals surface area contributed by atoms with Crippen molar-refractivity contribution in [2.75, 3.05) is 7.11 Å². The number of nitrogens with two attached hydrogens (primary N) is 1. The van der Waals surface area contributed by atoms with Crippen LogP contribution in [0.15, 0.2) is 12.1 Å². The smallest absolute Gasteiger partial charge is 0.403 e. The molecule has 3 nitrogen and oxygen atoms in total. The van der Waals surface area contributed by atoms with E-state index in [4.69, 9.17) is 10.5 Å². The van der Waals surface area contributed by atoms with Gasteiger partial charge in [0.05, 0.1) is 12.4 Å². The summed E-state index contributed by atoms with van der Waals surface area (Å²) in [5, 5.41) is -1.11. The molecule has 0 aromatic heterocycles. The summed E-state index contributed by atoms with van der Waals surface area (Å²) in [6.07, 6.45) is -4.99. The monoisotopic (exact) mass is 369 g/mol. The van der Waals surface area contributed by atoms with Crippen LogP contribution in [0.4, 0.5) is 22.0 Å². The highest BCUT2D eigenvalue weighted by atomic mass is 32.2. The van der Waals surface area contributed by atoms with E-state index < -0.39 is 44.9 Å². The lowest BCUT2D eigenvalue weighted by atomic mass is 9.68. The Morgan fingerprint density at radius 1 is 1.33 bits per heavy atom. The molecule has 0 spiro atoms. The Hall–Kier alpha value is -1.51. The van der Waals surface area contributed by atoms with Crippen molar-refractivity contribution in [2.45, 2.75) is 41.9 Å². The number of benzene rings is 1. The number of primary amides is 1. The largest absolute Gasteiger partial charge is 0.493 e. The van der Waals surface area contributed by atoms with E-state index in [1.165, 1.54) is 6.92 Å². The summed E-state index contributed by atoms with van der Waals surface area (Å²) in [7, 11) is 1.04. The molecule has 1 heterocycles. The van der Waals surface area contributed by atoms with Gasteiger partial charge in [0.25, 0.3) is 0 Å². The number of halogens is 5. The summed E-state index contributed by atoms with van der Waals surface area (Å²) >= 11 is 0.388. The highest BCUT2D eigenvalue weighted by molar-refractivity contribution is 8.02. The van der Waals surface area contributed by atoms with Gasteiger partial charge in [0.15, 0.2) is 11.6 Å². The minimum Gasteiger partial charge on any atom is -0.493 e. The van der Waals surface area contributed by atoms with E-state index in [1.54, 1.807) is 0 Å². The summed E-state index contributed by atoms with van der Waals surface area (Å²) in [5.41, 5.74) is 3.30. The maximum absolute atomic E-state index is 14.0. The van der Waals surface area contributed by atoms with Crippen molar-refractivity contribution in [3.8, 4) is 5.75 Å². The van der Waals surface area contributed by atoms with Crippen LogP contribution in [0, 0.1) is 11.6 Å². The maximum atomic E-state index is 14.0. The summed E-state index contributed by atoms with van der Waals surface area (Å²) in [6, 6.07) is 1.81. The maximum Gasteiger partial charge on any atom is 0.403 e. The standard InChI is InChI=1S/C15H16F5NO2S/c1-13(7-4-5-8(16)10(17)11(7)23-3)6-9(12(21)22)24-14(13,2)15(18,19)20/h4-5,9H,6H2,1-3H3,(H2,21,22). The molecule has 3 atom stereocenters. The van der Waals surface area contributed by atoms with E-state index in [0.29, 0.717) is 11.8 Å². The quantitative estimate of drug-likeness (QED) is 0.829. The molecule has 2 rings (SSSR count). The number of hydrogen-bond donors (Lipinski definition) is 1. The fourth-order valence-corrected chi connectivity index (χ4v) is 4.78. The molecule has 9 heteroatoms. The fraction of sp³-hybridized carbons (Fsp3) is 0.533. The third kappa shape index (κ3) is 2.53. The second-order valence-corrected chi connectivity index (χ2v) is 7.64. The lowest BCUT2D eigenvalue weighted by Crippen LogP contribution is -2.52. The van der Waals surface area contributed by atoms with Gasteiger partial charge in [-0.15, -0.1) is 11.8 Å². The lowest BCUT2D eigenvalue weighted by molar-refractivity contribution is -0.169. The molecule has 0 radical (unpaired) electrons. The molecule has 1 aromatic carbocycles. The second-order valence-electron chi connectivity index (χ2n) is 6.02. The average molecular weight is 369 g/mol. The Kier molecular flexibility index (Phi) is 4.54. The van der Waals surface area contributed by atoms with Crippen LogP contribution in [0.5, 0.6) is 5.75 Å². The Morgan fingerprint density at radius 3 is 2.38 bits per heavy atom. The van der Waals surface area contributed by atoms with Gasteiger partial charge in [0, 0.05) is 11.0 Å². The number of methoxy groups -OCH3 is 1. The Labute approximate surface area is 139 Å². The molecule has 0 saturated carbocycles.